The number of hydrogen-bond acceptors (Lipinski definition) is 6. The molecule has 0 aliphatic heterocycles. The lowest BCUT2D eigenvalue weighted by atomic mass is 10.3. The number of hydrogen-bond donors (Lipinski definition) is 3. The van der Waals surface area contributed by atoms with Gasteiger partial charge in [-0.25, -0.2) is 17.7 Å². The number of amides is 1. The maximum Gasteiger partial charge on any atom is 0.244 e. The van der Waals surface area contributed by atoms with Crippen LogP contribution >= 0.6 is 0 Å². The molecule has 0 bridgehead atoms. The Morgan fingerprint density at radius 1 is 1.20 bits per heavy atom. The summed E-state index contributed by atoms with van der Waals surface area (Å²) in [7, 11) is -0.701. The normalized spacial score (nSPS) is 12.8. The molecule has 160 valence electrons. The Kier molecular flexibility index (Phi) is 6.40. The summed E-state index contributed by atoms with van der Waals surface area (Å²) in [6.45, 7) is 1.91. The van der Waals surface area contributed by atoms with E-state index in [1.165, 1.54) is 26.2 Å². The minimum absolute atomic E-state index is 0.0344. The van der Waals surface area contributed by atoms with Gasteiger partial charge in [0.1, 0.15) is 6.54 Å². The first-order valence-corrected chi connectivity index (χ1v) is 10.8. The number of imidazole rings is 1. The van der Waals surface area contributed by atoms with Crippen molar-refractivity contribution in [1.82, 2.24) is 13.9 Å². The van der Waals surface area contributed by atoms with Crippen LogP contribution in [0.5, 0.6) is 0 Å². The van der Waals surface area contributed by atoms with Crippen molar-refractivity contribution >= 4 is 38.6 Å². The second-order valence-electron chi connectivity index (χ2n) is 7.10. The molecule has 3 N–H and O–H groups in total. The van der Waals surface area contributed by atoms with Gasteiger partial charge in [-0.15, -0.1) is 0 Å². The summed E-state index contributed by atoms with van der Waals surface area (Å²) in [6, 6.07) is 13.5. The highest BCUT2D eigenvalue weighted by Gasteiger charge is 2.18. The van der Waals surface area contributed by atoms with Gasteiger partial charge in [0.25, 0.3) is 0 Å². The Labute approximate surface area is 175 Å². The standard InChI is InChI=1S/C20H25N5O4S/c1-14(26)12-21-20-23-17-9-4-5-10-18(17)25(20)13-19(27)22-15-7-6-8-16(11-15)30(28,29)24(2)3/h4-11,14,26H,12-13H2,1-3H3,(H,21,23)(H,22,27). The fourth-order valence-corrected chi connectivity index (χ4v) is 3.85. The average Bonchev–Trinajstić information content (AvgIpc) is 3.04. The Hall–Kier alpha value is -2.95. The molecule has 10 heteroatoms. The smallest absolute Gasteiger partial charge is 0.244 e. The molecule has 0 saturated heterocycles. The van der Waals surface area contributed by atoms with Crippen LogP contribution in [0.3, 0.4) is 0 Å². The highest BCUT2D eigenvalue weighted by atomic mass is 32.2. The van der Waals surface area contributed by atoms with E-state index in [-0.39, 0.29) is 23.9 Å². The van der Waals surface area contributed by atoms with Gasteiger partial charge in [-0.2, -0.15) is 0 Å². The van der Waals surface area contributed by atoms with E-state index in [1.54, 1.807) is 23.6 Å². The molecule has 3 rings (SSSR count). The summed E-state index contributed by atoms with van der Waals surface area (Å²) in [4.78, 5) is 17.3. The van der Waals surface area contributed by atoms with Gasteiger partial charge in [0.2, 0.25) is 21.9 Å². The van der Waals surface area contributed by atoms with Crippen LogP contribution in [0.25, 0.3) is 11.0 Å². The molecule has 2 aromatic carbocycles. The molecule has 0 radical (unpaired) electrons. The Morgan fingerprint density at radius 2 is 1.93 bits per heavy atom. The second-order valence-corrected chi connectivity index (χ2v) is 9.26. The zero-order chi connectivity index (χ0) is 21.9. The number of nitrogens with one attached hydrogen (secondary N) is 2. The number of sulfonamides is 1. The molecule has 0 fully saturated rings. The molecule has 3 aromatic rings. The lowest BCUT2D eigenvalue weighted by molar-refractivity contribution is -0.116. The van der Waals surface area contributed by atoms with Gasteiger partial charge < -0.3 is 20.3 Å². The van der Waals surface area contributed by atoms with Crippen molar-refractivity contribution in [3.63, 3.8) is 0 Å². The summed E-state index contributed by atoms with van der Waals surface area (Å²) in [5.41, 5.74) is 1.87. The highest BCUT2D eigenvalue weighted by molar-refractivity contribution is 7.89. The van der Waals surface area contributed by atoms with Gasteiger partial charge in [-0.1, -0.05) is 18.2 Å². The average molecular weight is 432 g/mol. The number of anilines is 2. The maximum atomic E-state index is 12.7. The zero-order valence-electron chi connectivity index (χ0n) is 17.0. The Bertz CT molecular complexity index is 1150. The molecule has 0 saturated carbocycles. The first-order chi connectivity index (χ1) is 14.2. The van der Waals surface area contributed by atoms with Crippen LogP contribution < -0.4 is 10.6 Å². The minimum Gasteiger partial charge on any atom is -0.392 e. The number of rotatable bonds is 8. The van der Waals surface area contributed by atoms with E-state index < -0.39 is 16.1 Å². The van der Waals surface area contributed by atoms with Gasteiger partial charge >= 0.3 is 0 Å². The number of benzene rings is 2. The number of aliphatic hydroxyl groups is 1. The van der Waals surface area contributed by atoms with Crippen molar-refractivity contribution < 1.29 is 18.3 Å². The number of carbonyl (C=O) groups is 1. The van der Waals surface area contributed by atoms with E-state index in [0.29, 0.717) is 11.6 Å². The monoisotopic (exact) mass is 431 g/mol. The lowest BCUT2D eigenvalue weighted by Crippen LogP contribution is -2.23. The molecule has 0 aliphatic carbocycles. The van der Waals surface area contributed by atoms with Crippen LogP contribution in [0.4, 0.5) is 11.6 Å². The van der Waals surface area contributed by atoms with Crippen LogP contribution in [-0.4, -0.2) is 60.0 Å². The van der Waals surface area contributed by atoms with Crippen LogP contribution in [0, 0.1) is 0 Å². The molecule has 30 heavy (non-hydrogen) atoms. The first kappa shape index (κ1) is 21.8. The van der Waals surface area contributed by atoms with Crippen LogP contribution in [-0.2, 0) is 21.4 Å². The fourth-order valence-electron chi connectivity index (χ4n) is 2.90. The number of nitrogens with zero attached hydrogens (tertiary/aromatic N) is 3. The molecule has 1 aromatic heterocycles. The molecule has 1 heterocycles. The molecular formula is C20H25N5O4S. The summed E-state index contributed by atoms with van der Waals surface area (Å²) in [5, 5.41) is 15.3. The number of fused-ring (bicyclic) bond motifs is 1. The minimum atomic E-state index is -3.60. The highest BCUT2D eigenvalue weighted by Crippen LogP contribution is 2.21. The Balaban J connectivity index is 1.83. The summed E-state index contributed by atoms with van der Waals surface area (Å²) in [5.74, 6) is 0.133. The van der Waals surface area contributed by atoms with E-state index in [9.17, 15) is 18.3 Å². The second kappa shape index (κ2) is 8.82. The predicted molar refractivity (Wildman–Crippen MR) is 116 cm³/mol. The topological polar surface area (TPSA) is 117 Å². The number of para-hydroxylation sites is 2. The van der Waals surface area contributed by atoms with E-state index in [2.05, 4.69) is 15.6 Å². The van der Waals surface area contributed by atoms with Crippen LogP contribution in [0.1, 0.15) is 6.92 Å². The van der Waals surface area contributed by atoms with Gasteiger partial charge in [-0.05, 0) is 37.3 Å². The number of aromatic nitrogens is 2. The van der Waals surface area contributed by atoms with E-state index in [0.717, 1.165) is 15.3 Å². The molecule has 0 aliphatic rings. The van der Waals surface area contributed by atoms with Crippen molar-refractivity contribution in [3.05, 3.63) is 48.5 Å². The molecular weight excluding hydrogens is 406 g/mol. The third-order valence-electron chi connectivity index (χ3n) is 4.41. The molecule has 1 unspecified atom stereocenters. The summed E-state index contributed by atoms with van der Waals surface area (Å²) in [6.07, 6.45) is -0.575. The van der Waals surface area contributed by atoms with Crippen molar-refractivity contribution in [3.8, 4) is 0 Å². The van der Waals surface area contributed by atoms with Gasteiger partial charge in [0, 0.05) is 26.3 Å². The number of aliphatic hydroxyl groups excluding tert-OH is 1. The quantitative estimate of drug-likeness (QED) is 0.500. The third kappa shape index (κ3) is 4.78. The van der Waals surface area contributed by atoms with Crippen molar-refractivity contribution in [1.29, 1.82) is 0 Å². The number of carbonyl (C=O) groups excluding carboxylic acids is 1. The summed E-state index contributed by atoms with van der Waals surface area (Å²) < 4.78 is 27.5. The SMILES string of the molecule is CC(O)CNc1nc2ccccc2n1CC(=O)Nc1cccc(S(=O)(=O)N(C)C)c1. The van der Waals surface area contributed by atoms with Gasteiger partial charge in [0.15, 0.2) is 0 Å². The van der Waals surface area contributed by atoms with E-state index in [1.807, 2.05) is 24.3 Å². The third-order valence-corrected chi connectivity index (χ3v) is 6.22. The van der Waals surface area contributed by atoms with E-state index >= 15 is 0 Å². The van der Waals surface area contributed by atoms with Crippen molar-refractivity contribution in [2.24, 2.45) is 0 Å². The van der Waals surface area contributed by atoms with E-state index in [4.69, 9.17) is 0 Å². The van der Waals surface area contributed by atoms with Crippen LogP contribution in [0.15, 0.2) is 53.4 Å². The molecule has 9 nitrogen and oxygen atoms in total. The molecule has 1 amide bonds. The Morgan fingerprint density at radius 3 is 2.63 bits per heavy atom. The van der Waals surface area contributed by atoms with Crippen molar-refractivity contribution in [2.75, 3.05) is 31.3 Å². The molecule has 0 spiro atoms. The largest absolute Gasteiger partial charge is 0.392 e. The van der Waals surface area contributed by atoms with Crippen molar-refractivity contribution in [2.45, 2.75) is 24.5 Å². The predicted octanol–water partition coefficient (Wildman–Crippen LogP) is 1.72. The molecule has 1 atom stereocenters. The van der Waals surface area contributed by atoms with Gasteiger partial charge in [-0.3, -0.25) is 4.79 Å². The first-order valence-electron chi connectivity index (χ1n) is 9.38. The fraction of sp³-hybridized carbons (Fsp3) is 0.300. The van der Waals surface area contributed by atoms with Gasteiger partial charge in [0.05, 0.1) is 22.0 Å². The summed E-state index contributed by atoms with van der Waals surface area (Å²) >= 11 is 0. The van der Waals surface area contributed by atoms with Crippen LogP contribution in [0.2, 0.25) is 0 Å². The zero-order valence-corrected chi connectivity index (χ0v) is 17.8. The lowest BCUT2D eigenvalue weighted by Gasteiger charge is -2.14. The maximum absolute atomic E-state index is 12.7.